The molecular weight excluding hydrogens is 469 g/mol. The Hall–Kier alpha value is -3.20. The number of sulfonamides is 1. The van der Waals surface area contributed by atoms with Gasteiger partial charge in [-0.15, -0.1) is 5.10 Å². The van der Waals surface area contributed by atoms with Crippen LogP contribution in [0.1, 0.15) is 29.0 Å². The van der Waals surface area contributed by atoms with Gasteiger partial charge in [-0.1, -0.05) is 0 Å². The van der Waals surface area contributed by atoms with E-state index in [-0.39, 0.29) is 44.3 Å². The Morgan fingerprint density at radius 2 is 1.88 bits per heavy atom. The maximum atomic E-state index is 13.0. The van der Waals surface area contributed by atoms with Crippen molar-refractivity contribution in [2.75, 3.05) is 37.7 Å². The van der Waals surface area contributed by atoms with Gasteiger partial charge in [0.1, 0.15) is 5.82 Å². The first-order chi connectivity index (χ1) is 15.5. The number of hydrogen-bond acceptors (Lipinski definition) is 9. The van der Waals surface area contributed by atoms with E-state index in [4.69, 9.17) is 9.15 Å². The van der Waals surface area contributed by atoms with Gasteiger partial charge in [-0.2, -0.15) is 27.0 Å². The standard InChI is InChI=1S/C18H19F3N6O5S/c1-3-31-15(28)12-4-5-14(32-12)33(29,30)26-8-6-25(7-9-26)13-10-11(2)22-17-23-16(18(19,20)21)24-27(13)17/h4-5,10H,3,6-9H2,1-2H3. The average molecular weight is 488 g/mol. The van der Waals surface area contributed by atoms with Gasteiger partial charge >= 0.3 is 12.1 Å². The highest BCUT2D eigenvalue weighted by molar-refractivity contribution is 7.89. The first-order valence-electron chi connectivity index (χ1n) is 9.84. The van der Waals surface area contributed by atoms with Gasteiger partial charge in [0.25, 0.3) is 21.6 Å². The highest BCUT2D eigenvalue weighted by Gasteiger charge is 2.37. The van der Waals surface area contributed by atoms with E-state index in [0.29, 0.717) is 11.5 Å². The molecule has 0 saturated carbocycles. The zero-order valence-electron chi connectivity index (χ0n) is 17.5. The van der Waals surface area contributed by atoms with Crippen molar-refractivity contribution >= 4 is 27.6 Å². The Labute approximate surface area is 185 Å². The molecule has 0 atom stereocenters. The fourth-order valence-corrected chi connectivity index (χ4v) is 4.70. The van der Waals surface area contributed by atoms with Gasteiger partial charge in [-0.25, -0.2) is 18.2 Å². The molecule has 4 rings (SSSR count). The van der Waals surface area contributed by atoms with Crippen LogP contribution in [0.2, 0.25) is 0 Å². The van der Waals surface area contributed by atoms with Crippen molar-refractivity contribution in [3.8, 4) is 0 Å². The second-order valence-electron chi connectivity index (χ2n) is 7.13. The number of nitrogens with zero attached hydrogens (tertiary/aromatic N) is 6. The third-order valence-corrected chi connectivity index (χ3v) is 6.66. The number of hydrogen-bond donors (Lipinski definition) is 0. The Kier molecular flexibility index (Phi) is 5.78. The molecule has 33 heavy (non-hydrogen) atoms. The fourth-order valence-electron chi connectivity index (χ4n) is 3.37. The average Bonchev–Trinajstić information content (AvgIpc) is 3.41. The molecule has 178 valence electrons. The van der Waals surface area contributed by atoms with E-state index in [2.05, 4.69) is 15.1 Å². The molecule has 0 N–H and O–H groups in total. The fraction of sp³-hybridized carbons (Fsp3) is 0.444. The number of alkyl halides is 3. The number of aryl methyl sites for hydroxylation is 1. The second kappa shape index (κ2) is 8.30. The molecule has 0 bridgehead atoms. The molecule has 0 aliphatic carbocycles. The van der Waals surface area contributed by atoms with Gasteiger partial charge in [-0.05, 0) is 26.0 Å². The molecule has 11 nitrogen and oxygen atoms in total. The lowest BCUT2D eigenvalue weighted by atomic mass is 10.3. The third kappa shape index (κ3) is 4.37. The van der Waals surface area contributed by atoms with E-state index in [1.165, 1.54) is 16.4 Å². The van der Waals surface area contributed by atoms with E-state index in [1.807, 2.05) is 0 Å². The van der Waals surface area contributed by atoms with E-state index in [9.17, 15) is 26.4 Å². The Morgan fingerprint density at radius 1 is 1.18 bits per heavy atom. The number of aromatic nitrogens is 4. The van der Waals surface area contributed by atoms with E-state index < -0.39 is 33.1 Å². The highest BCUT2D eigenvalue weighted by Crippen LogP contribution is 2.28. The summed E-state index contributed by atoms with van der Waals surface area (Å²) < 4.78 is 77.1. The van der Waals surface area contributed by atoms with Crippen molar-refractivity contribution < 1.29 is 35.5 Å². The molecule has 3 aromatic rings. The third-order valence-electron chi connectivity index (χ3n) is 4.89. The van der Waals surface area contributed by atoms with Crippen molar-refractivity contribution in [2.45, 2.75) is 25.1 Å². The zero-order chi connectivity index (χ0) is 24.0. The Morgan fingerprint density at radius 3 is 2.52 bits per heavy atom. The number of fused-ring (bicyclic) bond motifs is 1. The molecule has 1 aliphatic heterocycles. The van der Waals surface area contributed by atoms with Gasteiger partial charge in [0.05, 0.1) is 6.61 Å². The topological polar surface area (TPSA) is 123 Å². The van der Waals surface area contributed by atoms with Crippen LogP contribution in [0.15, 0.2) is 27.7 Å². The van der Waals surface area contributed by atoms with Crippen LogP contribution in [0.3, 0.4) is 0 Å². The molecule has 15 heteroatoms. The van der Waals surface area contributed by atoms with Crippen LogP contribution in [0.25, 0.3) is 5.78 Å². The number of esters is 1. The molecule has 0 unspecified atom stereocenters. The summed E-state index contributed by atoms with van der Waals surface area (Å²) >= 11 is 0. The highest BCUT2D eigenvalue weighted by atomic mass is 32.2. The number of carbonyl (C=O) groups is 1. The lowest BCUT2D eigenvalue weighted by Gasteiger charge is -2.34. The minimum absolute atomic E-state index is 0.0292. The summed E-state index contributed by atoms with van der Waals surface area (Å²) in [5.41, 5.74) is 0.441. The summed E-state index contributed by atoms with van der Waals surface area (Å²) in [6, 6.07) is 3.96. The quantitative estimate of drug-likeness (QED) is 0.494. The second-order valence-corrected chi connectivity index (χ2v) is 9.00. The maximum absolute atomic E-state index is 13.0. The van der Waals surface area contributed by atoms with Crippen molar-refractivity contribution in [1.29, 1.82) is 0 Å². The van der Waals surface area contributed by atoms with Crippen LogP contribution < -0.4 is 4.90 Å². The number of furan rings is 1. The van der Waals surface area contributed by atoms with E-state index in [0.717, 1.165) is 4.52 Å². The molecule has 1 aliphatic rings. The normalized spacial score (nSPS) is 15.8. The lowest BCUT2D eigenvalue weighted by Crippen LogP contribution is -2.49. The summed E-state index contributed by atoms with van der Waals surface area (Å²) in [7, 11) is -4.02. The van der Waals surface area contributed by atoms with Gasteiger partial charge in [-0.3, -0.25) is 0 Å². The summed E-state index contributed by atoms with van der Waals surface area (Å²) in [6.45, 7) is 3.74. The number of anilines is 1. The molecule has 1 fully saturated rings. The molecular formula is C18H19F3N6O5S. The van der Waals surface area contributed by atoms with Crippen LogP contribution in [0, 0.1) is 6.92 Å². The minimum atomic E-state index is -4.73. The van der Waals surface area contributed by atoms with Crippen LogP contribution in [-0.4, -0.2) is 71.1 Å². The predicted molar refractivity (Wildman–Crippen MR) is 106 cm³/mol. The summed E-state index contributed by atoms with van der Waals surface area (Å²) in [5, 5.41) is 3.14. The first-order valence-corrected chi connectivity index (χ1v) is 11.3. The number of rotatable bonds is 5. The van der Waals surface area contributed by atoms with E-state index in [1.54, 1.807) is 24.8 Å². The molecule has 4 heterocycles. The number of halogens is 3. The van der Waals surface area contributed by atoms with Gasteiger partial charge < -0.3 is 14.1 Å². The summed E-state index contributed by atoms with van der Waals surface area (Å²) in [5.74, 6) is -2.19. The van der Waals surface area contributed by atoms with Crippen LogP contribution in [-0.2, 0) is 20.9 Å². The van der Waals surface area contributed by atoms with Crippen molar-refractivity contribution in [3.63, 3.8) is 0 Å². The smallest absolute Gasteiger partial charge is 0.453 e. The molecule has 0 spiro atoms. The Balaban J connectivity index is 1.54. The van der Waals surface area contributed by atoms with Gasteiger partial charge in [0.15, 0.2) is 0 Å². The van der Waals surface area contributed by atoms with Crippen molar-refractivity contribution in [3.05, 3.63) is 35.5 Å². The SMILES string of the molecule is CCOC(=O)c1ccc(S(=O)(=O)N2CCN(c3cc(C)nc4nc(C(F)(F)F)nn34)CC2)o1. The Bertz CT molecular complexity index is 1290. The molecule has 1 saturated heterocycles. The monoisotopic (exact) mass is 488 g/mol. The van der Waals surface area contributed by atoms with Crippen molar-refractivity contribution in [2.24, 2.45) is 0 Å². The van der Waals surface area contributed by atoms with Crippen LogP contribution in [0.4, 0.5) is 19.0 Å². The number of ether oxygens (including phenoxy) is 1. The minimum Gasteiger partial charge on any atom is -0.460 e. The first kappa shape index (κ1) is 23.0. The van der Waals surface area contributed by atoms with Gasteiger partial charge in [0, 0.05) is 37.9 Å². The van der Waals surface area contributed by atoms with Crippen LogP contribution in [0.5, 0.6) is 0 Å². The van der Waals surface area contributed by atoms with Crippen LogP contribution >= 0.6 is 0 Å². The number of piperazine rings is 1. The van der Waals surface area contributed by atoms with Gasteiger partial charge in [0.2, 0.25) is 10.9 Å². The van der Waals surface area contributed by atoms with Crippen molar-refractivity contribution in [1.82, 2.24) is 23.9 Å². The summed E-state index contributed by atoms with van der Waals surface area (Å²) in [6.07, 6.45) is -4.73. The summed E-state index contributed by atoms with van der Waals surface area (Å²) in [4.78, 5) is 20.9. The molecule has 0 radical (unpaired) electrons. The molecule has 0 amide bonds. The van der Waals surface area contributed by atoms with E-state index >= 15 is 0 Å². The maximum Gasteiger partial charge on any atom is 0.453 e. The zero-order valence-corrected chi connectivity index (χ0v) is 18.4. The lowest BCUT2D eigenvalue weighted by molar-refractivity contribution is -0.144. The molecule has 0 aromatic carbocycles. The molecule has 3 aromatic heterocycles. The predicted octanol–water partition coefficient (Wildman–Crippen LogP) is 1.73. The number of carbonyl (C=O) groups excluding carboxylic acids is 1. The largest absolute Gasteiger partial charge is 0.460 e.